The number of para-hydroxylation sites is 1. The molecule has 1 aliphatic rings. The molecule has 3 rings (SSSR count). The molecule has 0 radical (unpaired) electrons. The minimum Gasteiger partial charge on any atom is -0.478 e. The zero-order valence-electron chi connectivity index (χ0n) is 12.7. The number of carbonyl (C=O) groups is 2. The summed E-state index contributed by atoms with van der Waals surface area (Å²) in [6, 6.07) is 14.3. The Balaban J connectivity index is 1.65. The second-order valence-corrected chi connectivity index (χ2v) is 5.54. The highest BCUT2D eigenvalue weighted by molar-refractivity contribution is 5.92. The van der Waals surface area contributed by atoms with E-state index in [1.807, 2.05) is 31.2 Å². The number of amides is 1. The van der Waals surface area contributed by atoms with Crippen LogP contribution in [0.25, 0.3) is 0 Å². The SMILES string of the molecule is CC1c2ccccc2OC1C(=O)OCc1cccc(C(N)=O)c1. The number of benzene rings is 2. The Kier molecular flexibility index (Phi) is 4.02. The summed E-state index contributed by atoms with van der Waals surface area (Å²) in [5.41, 5.74) is 7.34. The van der Waals surface area contributed by atoms with E-state index in [-0.39, 0.29) is 12.5 Å². The van der Waals surface area contributed by atoms with Crippen molar-refractivity contribution in [3.63, 3.8) is 0 Å². The molecular formula is C18H17NO4. The molecule has 118 valence electrons. The summed E-state index contributed by atoms with van der Waals surface area (Å²) < 4.78 is 11.0. The predicted octanol–water partition coefficient (Wildman–Crippen LogP) is 2.39. The molecule has 5 nitrogen and oxygen atoms in total. The van der Waals surface area contributed by atoms with Crippen molar-refractivity contribution in [1.82, 2.24) is 0 Å². The van der Waals surface area contributed by atoms with Crippen molar-refractivity contribution < 1.29 is 19.1 Å². The Labute approximate surface area is 134 Å². The maximum absolute atomic E-state index is 12.3. The van der Waals surface area contributed by atoms with E-state index in [9.17, 15) is 9.59 Å². The molecule has 0 fully saturated rings. The molecule has 2 atom stereocenters. The number of rotatable bonds is 4. The summed E-state index contributed by atoms with van der Waals surface area (Å²) in [6.07, 6.45) is -0.647. The van der Waals surface area contributed by atoms with E-state index in [4.69, 9.17) is 15.2 Å². The molecule has 0 spiro atoms. The van der Waals surface area contributed by atoms with E-state index < -0.39 is 18.0 Å². The number of hydrogen-bond acceptors (Lipinski definition) is 4. The van der Waals surface area contributed by atoms with Crippen LogP contribution in [0.5, 0.6) is 5.75 Å². The quantitative estimate of drug-likeness (QED) is 0.879. The van der Waals surface area contributed by atoms with Gasteiger partial charge in [0.25, 0.3) is 0 Å². The smallest absolute Gasteiger partial charge is 0.348 e. The number of nitrogens with two attached hydrogens (primary N) is 1. The Bertz CT molecular complexity index is 756. The van der Waals surface area contributed by atoms with Crippen molar-refractivity contribution in [2.45, 2.75) is 25.6 Å². The lowest BCUT2D eigenvalue weighted by Gasteiger charge is -2.14. The molecule has 2 N–H and O–H groups in total. The van der Waals surface area contributed by atoms with Gasteiger partial charge in [0.05, 0.1) is 0 Å². The van der Waals surface area contributed by atoms with Crippen LogP contribution in [0.15, 0.2) is 48.5 Å². The molecule has 1 heterocycles. The average molecular weight is 311 g/mol. The lowest BCUT2D eigenvalue weighted by Crippen LogP contribution is -2.29. The van der Waals surface area contributed by atoms with Gasteiger partial charge in [0.1, 0.15) is 12.4 Å². The van der Waals surface area contributed by atoms with Crippen LogP contribution in [0.4, 0.5) is 0 Å². The molecule has 1 amide bonds. The highest BCUT2D eigenvalue weighted by atomic mass is 16.6. The molecule has 0 saturated heterocycles. The van der Waals surface area contributed by atoms with Crippen molar-refractivity contribution in [3.8, 4) is 5.75 Å². The zero-order valence-corrected chi connectivity index (χ0v) is 12.7. The van der Waals surface area contributed by atoms with Crippen LogP contribution in [0, 0.1) is 0 Å². The van der Waals surface area contributed by atoms with Gasteiger partial charge in [-0.25, -0.2) is 4.79 Å². The van der Waals surface area contributed by atoms with E-state index in [1.165, 1.54) is 0 Å². The standard InChI is InChI=1S/C18H17NO4/c1-11-14-7-2-3-8-15(14)23-16(11)18(21)22-10-12-5-4-6-13(9-12)17(19)20/h2-9,11,16H,10H2,1H3,(H2,19,20). The van der Waals surface area contributed by atoms with Crippen LogP contribution >= 0.6 is 0 Å². The molecule has 0 aromatic heterocycles. The van der Waals surface area contributed by atoms with Crippen LogP contribution in [-0.4, -0.2) is 18.0 Å². The third-order valence-electron chi connectivity index (χ3n) is 3.94. The van der Waals surface area contributed by atoms with Crippen LogP contribution in [0.2, 0.25) is 0 Å². The fourth-order valence-electron chi connectivity index (χ4n) is 2.67. The van der Waals surface area contributed by atoms with E-state index in [1.54, 1.807) is 24.3 Å². The highest BCUT2D eigenvalue weighted by Gasteiger charge is 2.37. The Morgan fingerprint density at radius 3 is 2.70 bits per heavy atom. The number of primary amides is 1. The monoisotopic (exact) mass is 311 g/mol. The fourth-order valence-corrected chi connectivity index (χ4v) is 2.67. The van der Waals surface area contributed by atoms with Gasteiger partial charge in [-0.3, -0.25) is 4.79 Å². The normalized spacial score (nSPS) is 18.8. The lowest BCUT2D eigenvalue weighted by molar-refractivity contribution is -0.153. The van der Waals surface area contributed by atoms with Gasteiger partial charge in [0.2, 0.25) is 12.0 Å². The Morgan fingerprint density at radius 1 is 1.17 bits per heavy atom. The van der Waals surface area contributed by atoms with Crippen LogP contribution in [-0.2, 0) is 16.1 Å². The Hall–Kier alpha value is -2.82. The topological polar surface area (TPSA) is 78.6 Å². The van der Waals surface area contributed by atoms with E-state index >= 15 is 0 Å². The van der Waals surface area contributed by atoms with Gasteiger partial charge in [-0.05, 0) is 23.8 Å². The van der Waals surface area contributed by atoms with Gasteiger partial charge in [0, 0.05) is 17.0 Å². The second-order valence-electron chi connectivity index (χ2n) is 5.54. The van der Waals surface area contributed by atoms with Gasteiger partial charge >= 0.3 is 5.97 Å². The Morgan fingerprint density at radius 2 is 1.96 bits per heavy atom. The largest absolute Gasteiger partial charge is 0.478 e. The van der Waals surface area contributed by atoms with Crippen LogP contribution in [0.3, 0.4) is 0 Å². The summed E-state index contributed by atoms with van der Waals surface area (Å²) in [5.74, 6) is -0.270. The van der Waals surface area contributed by atoms with Gasteiger partial charge < -0.3 is 15.2 Å². The molecule has 2 aromatic rings. The summed E-state index contributed by atoms with van der Waals surface area (Å²) in [7, 11) is 0. The highest BCUT2D eigenvalue weighted by Crippen LogP contribution is 2.38. The molecule has 2 aromatic carbocycles. The van der Waals surface area contributed by atoms with Gasteiger partial charge in [-0.2, -0.15) is 0 Å². The van der Waals surface area contributed by atoms with E-state index in [0.29, 0.717) is 11.1 Å². The van der Waals surface area contributed by atoms with Gasteiger partial charge in [-0.1, -0.05) is 37.3 Å². The summed E-state index contributed by atoms with van der Waals surface area (Å²) >= 11 is 0. The van der Waals surface area contributed by atoms with E-state index in [0.717, 1.165) is 11.3 Å². The minimum absolute atomic E-state index is 0.0596. The van der Waals surface area contributed by atoms with Crippen LogP contribution < -0.4 is 10.5 Å². The summed E-state index contributed by atoms with van der Waals surface area (Å²) in [4.78, 5) is 23.4. The first kappa shape index (κ1) is 15.1. The number of esters is 1. The number of ether oxygens (including phenoxy) is 2. The van der Waals surface area contributed by atoms with Gasteiger partial charge in [0.15, 0.2) is 0 Å². The molecular weight excluding hydrogens is 294 g/mol. The molecule has 2 unspecified atom stereocenters. The molecule has 0 bridgehead atoms. The number of fused-ring (bicyclic) bond motifs is 1. The zero-order chi connectivity index (χ0) is 16.4. The third-order valence-corrected chi connectivity index (χ3v) is 3.94. The summed E-state index contributed by atoms with van der Waals surface area (Å²) in [6.45, 7) is 2.01. The minimum atomic E-state index is -0.647. The maximum Gasteiger partial charge on any atom is 0.348 e. The van der Waals surface area contributed by atoms with Crippen molar-refractivity contribution in [2.75, 3.05) is 0 Å². The average Bonchev–Trinajstić information content (AvgIpc) is 2.90. The molecule has 1 aliphatic heterocycles. The second kappa shape index (κ2) is 6.12. The van der Waals surface area contributed by atoms with Crippen molar-refractivity contribution in [2.24, 2.45) is 5.73 Å². The molecule has 23 heavy (non-hydrogen) atoms. The number of carbonyl (C=O) groups excluding carboxylic acids is 2. The van der Waals surface area contributed by atoms with Crippen molar-refractivity contribution >= 4 is 11.9 Å². The van der Waals surface area contributed by atoms with Crippen molar-refractivity contribution in [1.29, 1.82) is 0 Å². The molecule has 0 aliphatic carbocycles. The number of hydrogen-bond donors (Lipinski definition) is 1. The first-order valence-electron chi connectivity index (χ1n) is 7.37. The third kappa shape index (κ3) is 3.04. The lowest BCUT2D eigenvalue weighted by atomic mass is 9.98. The maximum atomic E-state index is 12.3. The fraction of sp³-hybridized carbons (Fsp3) is 0.222. The summed E-state index contributed by atoms with van der Waals surface area (Å²) in [5, 5.41) is 0. The van der Waals surface area contributed by atoms with Crippen molar-refractivity contribution in [3.05, 3.63) is 65.2 Å². The van der Waals surface area contributed by atoms with E-state index in [2.05, 4.69) is 0 Å². The molecule has 0 saturated carbocycles. The predicted molar refractivity (Wildman–Crippen MR) is 84.0 cm³/mol. The van der Waals surface area contributed by atoms with Gasteiger partial charge in [-0.15, -0.1) is 0 Å². The first-order valence-corrected chi connectivity index (χ1v) is 7.37. The first-order chi connectivity index (χ1) is 11.1. The molecule has 5 heteroatoms. The van der Waals surface area contributed by atoms with Crippen LogP contribution in [0.1, 0.15) is 34.3 Å².